The molecule has 42 heavy (non-hydrogen) atoms. The summed E-state index contributed by atoms with van der Waals surface area (Å²) in [7, 11) is -3.74. The molecule has 5 rings (SSSR count). The number of piperidine rings is 1. The van der Waals surface area contributed by atoms with Gasteiger partial charge in [-0.25, -0.2) is 22.3 Å². The number of carboxylic acids is 1. The Morgan fingerprint density at radius 2 is 1.64 bits per heavy atom. The second-order valence-electron chi connectivity index (χ2n) is 10.5. The Labute approximate surface area is 250 Å². The Bertz CT molecular complexity index is 1440. The van der Waals surface area contributed by atoms with Gasteiger partial charge in [-0.3, -0.25) is 9.69 Å². The third kappa shape index (κ3) is 8.71. The first-order chi connectivity index (χ1) is 19.6. The van der Waals surface area contributed by atoms with Crippen molar-refractivity contribution in [1.29, 1.82) is 0 Å². The van der Waals surface area contributed by atoms with Gasteiger partial charge in [0.25, 0.3) is 5.91 Å². The lowest BCUT2D eigenvalue weighted by Gasteiger charge is -2.33. The van der Waals surface area contributed by atoms with Gasteiger partial charge < -0.3 is 9.84 Å². The molecule has 2 saturated carbocycles. The number of carbonyl (C=O) groups is 2. The maximum absolute atomic E-state index is 15.0. The summed E-state index contributed by atoms with van der Waals surface area (Å²) < 4.78 is 79.1. The number of hydrogen-bond acceptors (Lipinski definition) is 6. The number of aliphatic carboxylic acids is 1. The SMILES string of the molecule is O=C(NS(=O)(=O)C1CC1)c1cc(C2CC2)c(CN2CCC(Oc3ccc(Cl)cc3Cl)CC2)cc1F.O=C(O)C(F)(F)F. The summed E-state index contributed by atoms with van der Waals surface area (Å²) in [5, 5.41) is 7.63. The largest absolute Gasteiger partial charge is 0.490 e. The van der Waals surface area contributed by atoms with Crippen LogP contribution in [0.15, 0.2) is 30.3 Å². The first-order valence-corrected chi connectivity index (χ1v) is 15.5. The highest BCUT2D eigenvalue weighted by molar-refractivity contribution is 7.91. The lowest BCUT2D eigenvalue weighted by molar-refractivity contribution is -0.192. The van der Waals surface area contributed by atoms with Crippen molar-refractivity contribution in [2.75, 3.05) is 13.1 Å². The normalized spacial score (nSPS) is 18.1. The first-order valence-electron chi connectivity index (χ1n) is 13.2. The fourth-order valence-corrected chi connectivity index (χ4v) is 6.28. The highest BCUT2D eigenvalue weighted by Gasteiger charge is 2.39. The van der Waals surface area contributed by atoms with Crippen LogP contribution in [0.1, 0.15) is 65.9 Å². The minimum atomic E-state index is -5.08. The third-order valence-electron chi connectivity index (χ3n) is 7.05. The quantitative estimate of drug-likeness (QED) is 0.340. The van der Waals surface area contributed by atoms with Crippen molar-refractivity contribution in [2.24, 2.45) is 0 Å². The predicted octanol–water partition coefficient (Wildman–Crippen LogP) is 5.91. The maximum Gasteiger partial charge on any atom is 0.490 e. The fraction of sp³-hybridized carbons (Fsp3) is 0.481. The summed E-state index contributed by atoms with van der Waals surface area (Å²) in [5.41, 5.74) is 1.59. The molecule has 0 atom stereocenters. The number of nitrogens with one attached hydrogen (secondary N) is 1. The summed E-state index contributed by atoms with van der Waals surface area (Å²) >= 11 is 12.2. The molecule has 0 unspecified atom stereocenters. The van der Waals surface area contributed by atoms with Crippen molar-refractivity contribution < 1.29 is 45.4 Å². The highest BCUT2D eigenvalue weighted by Crippen LogP contribution is 2.43. The number of nitrogens with zero attached hydrogens (tertiary/aromatic N) is 1. The van der Waals surface area contributed by atoms with Crippen molar-refractivity contribution in [3.8, 4) is 5.75 Å². The molecular weight excluding hydrogens is 627 g/mol. The van der Waals surface area contributed by atoms with Crippen molar-refractivity contribution in [2.45, 2.75) is 68.5 Å². The molecule has 0 bridgehead atoms. The molecule has 230 valence electrons. The third-order valence-corrected chi connectivity index (χ3v) is 9.40. The first kappa shape index (κ1) is 32.3. The van der Waals surface area contributed by atoms with Crippen LogP contribution in [-0.2, 0) is 21.4 Å². The number of benzene rings is 2. The maximum atomic E-state index is 15.0. The molecule has 2 N–H and O–H groups in total. The molecular formula is C27H28Cl2F4N2O6S. The number of ether oxygens (including phenoxy) is 1. The molecule has 2 aliphatic carbocycles. The Kier molecular flexibility index (Phi) is 9.96. The van der Waals surface area contributed by atoms with E-state index in [1.807, 2.05) is 4.72 Å². The van der Waals surface area contributed by atoms with E-state index in [1.54, 1.807) is 24.3 Å². The molecule has 3 fully saturated rings. The van der Waals surface area contributed by atoms with E-state index in [9.17, 15) is 30.8 Å². The van der Waals surface area contributed by atoms with Gasteiger partial charge in [-0.15, -0.1) is 0 Å². The Balaban J connectivity index is 0.000000517. The summed E-state index contributed by atoms with van der Waals surface area (Å²) in [6, 6.07) is 8.14. The molecule has 1 saturated heterocycles. The monoisotopic (exact) mass is 654 g/mol. The van der Waals surface area contributed by atoms with Crippen LogP contribution in [0.25, 0.3) is 0 Å². The lowest BCUT2D eigenvalue weighted by atomic mass is 9.97. The van der Waals surface area contributed by atoms with Crippen molar-refractivity contribution >= 4 is 45.1 Å². The van der Waals surface area contributed by atoms with E-state index in [4.69, 9.17) is 37.8 Å². The number of rotatable bonds is 8. The molecule has 3 aliphatic rings. The van der Waals surface area contributed by atoms with Gasteiger partial charge in [-0.1, -0.05) is 23.2 Å². The number of amides is 1. The van der Waals surface area contributed by atoms with Gasteiger partial charge in [0.15, 0.2) is 0 Å². The van der Waals surface area contributed by atoms with Crippen LogP contribution in [0, 0.1) is 5.82 Å². The van der Waals surface area contributed by atoms with Gasteiger partial charge >= 0.3 is 12.1 Å². The van der Waals surface area contributed by atoms with E-state index >= 15 is 0 Å². The Morgan fingerprint density at radius 1 is 1.02 bits per heavy atom. The summed E-state index contributed by atoms with van der Waals surface area (Å²) in [6.07, 6.45) is -0.406. The number of carboxylic acid groups (broad SMARTS) is 1. The van der Waals surface area contributed by atoms with Crippen LogP contribution in [0.5, 0.6) is 5.75 Å². The summed E-state index contributed by atoms with van der Waals surface area (Å²) in [4.78, 5) is 23.7. The van der Waals surface area contributed by atoms with Gasteiger partial charge in [0, 0.05) is 24.7 Å². The number of sulfonamides is 1. The van der Waals surface area contributed by atoms with E-state index in [1.165, 1.54) is 6.07 Å². The van der Waals surface area contributed by atoms with Crippen LogP contribution in [-0.4, -0.2) is 60.9 Å². The highest BCUT2D eigenvalue weighted by atomic mass is 35.5. The Morgan fingerprint density at radius 3 is 2.17 bits per heavy atom. The number of alkyl halides is 3. The number of hydrogen-bond donors (Lipinski definition) is 2. The standard InChI is InChI=1S/C25H27Cl2FN2O4S.C2HF3O2/c26-17-3-6-24(22(27)12-17)34-18-7-9-30(10-8-18)14-16-11-23(28)21(13-20(16)15-1-2-15)25(31)29-35(32,33)19-4-5-19;3-2(4,5)1(6)7/h3,6,11-13,15,18-19H,1-2,4-5,7-10,14H2,(H,29,31);(H,6,7). The predicted molar refractivity (Wildman–Crippen MR) is 147 cm³/mol. The van der Waals surface area contributed by atoms with E-state index in [-0.39, 0.29) is 17.6 Å². The van der Waals surface area contributed by atoms with Crippen molar-refractivity contribution in [3.63, 3.8) is 0 Å². The van der Waals surface area contributed by atoms with Crippen LogP contribution in [0.3, 0.4) is 0 Å². The molecule has 2 aromatic rings. The average molecular weight is 655 g/mol. The molecule has 0 radical (unpaired) electrons. The summed E-state index contributed by atoms with van der Waals surface area (Å²) in [5.74, 6) is -3.44. The molecule has 0 spiro atoms. The molecule has 1 heterocycles. The zero-order valence-corrected chi connectivity index (χ0v) is 24.4. The van der Waals surface area contributed by atoms with Gasteiger partial charge in [-0.05, 0) is 85.9 Å². The topological polar surface area (TPSA) is 113 Å². The van der Waals surface area contributed by atoms with Gasteiger partial charge in [0.1, 0.15) is 17.7 Å². The summed E-state index contributed by atoms with van der Waals surface area (Å²) in [6.45, 7) is 2.13. The molecule has 1 amide bonds. The zero-order chi connectivity index (χ0) is 30.8. The molecule has 1 aliphatic heterocycles. The Hall–Kier alpha value is -2.61. The van der Waals surface area contributed by atoms with Gasteiger partial charge in [-0.2, -0.15) is 13.2 Å². The van der Waals surface area contributed by atoms with Crippen molar-refractivity contribution in [3.05, 3.63) is 62.9 Å². The van der Waals surface area contributed by atoms with Crippen LogP contribution < -0.4 is 9.46 Å². The van der Waals surface area contributed by atoms with E-state index in [0.717, 1.165) is 49.9 Å². The smallest absolute Gasteiger partial charge is 0.489 e. The number of halogens is 6. The van der Waals surface area contributed by atoms with Crippen LogP contribution >= 0.6 is 23.2 Å². The second kappa shape index (κ2) is 12.9. The molecule has 2 aromatic carbocycles. The molecule has 8 nitrogen and oxygen atoms in total. The van der Waals surface area contributed by atoms with Crippen LogP contribution in [0.4, 0.5) is 17.6 Å². The number of likely N-dealkylation sites (tertiary alicyclic amines) is 1. The van der Waals surface area contributed by atoms with E-state index in [0.29, 0.717) is 35.2 Å². The van der Waals surface area contributed by atoms with E-state index in [2.05, 4.69) is 4.90 Å². The minimum Gasteiger partial charge on any atom is -0.489 e. The fourth-order valence-electron chi connectivity index (χ4n) is 4.54. The molecule has 0 aromatic heterocycles. The van der Waals surface area contributed by atoms with Gasteiger partial charge in [0.2, 0.25) is 10.0 Å². The number of carbonyl (C=O) groups excluding carboxylic acids is 1. The second-order valence-corrected chi connectivity index (χ2v) is 13.3. The van der Waals surface area contributed by atoms with E-state index < -0.39 is 39.1 Å². The average Bonchev–Trinajstić information content (AvgIpc) is 3.80. The van der Waals surface area contributed by atoms with Gasteiger partial charge in [0.05, 0.1) is 15.8 Å². The van der Waals surface area contributed by atoms with Crippen molar-refractivity contribution in [1.82, 2.24) is 9.62 Å². The van der Waals surface area contributed by atoms with Crippen LogP contribution in [0.2, 0.25) is 10.0 Å². The lowest BCUT2D eigenvalue weighted by Crippen LogP contribution is -2.38. The minimum absolute atomic E-state index is 0.0315. The zero-order valence-electron chi connectivity index (χ0n) is 22.1. The molecule has 15 heteroatoms.